The fraction of sp³-hybridized carbons (Fsp3) is 0.952. The van der Waals surface area contributed by atoms with Crippen molar-refractivity contribution >= 4 is 18.0 Å². The number of hydrogen-bond acceptors (Lipinski definition) is 4. The highest BCUT2D eigenvalue weighted by Crippen LogP contribution is 2.36. The SMILES string of the molecule is CC(C)C(CCC1CN(C(=O)OC(C)(C)C)C(C)(C)C1)NSC(C)(C)C. The molecule has 1 aliphatic heterocycles. The highest BCUT2D eigenvalue weighted by molar-refractivity contribution is 7.98. The van der Waals surface area contributed by atoms with Crippen LogP contribution in [0.5, 0.6) is 0 Å². The van der Waals surface area contributed by atoms with Crippen molar-refractivity contribution in [2.45, 2.75) is 110 Å². The van der Waals surface area contributed by atoms with Crippen molar-refractivity contribution < 1.29 is 9.53 Å². The lowest BCUT2D eigenvalue weighted by molar-refractivity contribution is 0.0130. The molecule has 1 rings (SSSR count). The van der Waals surface area contributed by atoms with Gasteiger partial charge in [-0.3, -0.25) is 4.72 Å². The van der Waals surface area contributed by atoms with Gasteiger partial charge in [-0.1, -0.05) is 25.8 Å². The standard InChI is InChI=1S/C21H42N2O2S/c1-15(2)17(22-26-20(6,7)8)12-11-16-13-21(9,10)23(14-16)18(24)25-19(3,4)5/h15-17,22H,11-14H2,1-10H3. The Morgan fingerprint density at radius 2 is 1.81 bits per heavy atom. The molecular formula is C21H42N2O2S. The van der Waals surface area contributed by atoms with E-state index in [1.165, 1.54) is 0 Å². The number of carbonyl (C=O) groups excluding carboxylic acids is 1. The fourth-order valence-electron chi connectivity index (χ4n) is 3.41. The molecule has 0 aromatic carbocycles. The zero-order valence-corrected chi connectivity index (χ0v) is 19.5. The van der Waals surface area contributed by atoms with E-state index < -0.39 is 5.60 Å². The Labute approximate surface area is 166 Å². The topological polar surface area (TPSA) is 41.6 Å². The van der Waals surface area contributed by atoms with Crippen molar-refractivity contribution in [2.75, 3.05) is 6.54 Å². The highest BCUT2D eigenvalue weighted by Gasteiger charge is 2.42. The molecule has 154 valence electrons. The first-order valence-corrected chi connectivity index (χ1v) is 10.9. The third-order valence-electron chi connectivity index (χ3n) is 4.78. The van der Waals surface area contributed by atoms with E-state index in [-0.39, 0.29) is 16.4 Å². The van der Waals surface area contributed by atoms with Crippen LogP contribution in [-0.4, -0.2) is 39.5 Å². The van der Waals surface area contributed by atoms with Gasteiger partial charge in [0.05, 0.1) is 0 Å². The average Bonchev–Trinajstić information content (AvgIpc) is 2.70. The molecule has 0 saturated carbocycles. The quantitative estimate of drug-likeness (QED) is 0.580. The van der Waals surface area contributed by atoms with Gasteiger partial charge in [0.25, 0.3) is 0 Å². The molecule has 1 saturated heterocycles. The number of hydrogen-bond donors (Lipinski definition) is 1. The van der Waals surface area contributed by atoms with Crippen LogP contribution in [0, 0.1) is 11.8 Å². The Bertz CT molecular complexity index is 464. The minimum absolute atomic E-state index is 0.131. The second-order valence-electron chi connectivity index (χ2n) is 10.7. The first-order valence-electron chi connectivity index (χ1n) is 10.0. The Morgan fingerprint density at radius 1 is 1.23 bits per heavy atom. The summed E-state index contributed by atoms with van der Waals surface area (Å²) in [5.74, 6) is 1.14. The van der Waals surface area contributed by atoms with Gasteiger partial charge in [-0.25, -0.2) is 4.79 Å². The van der Waals surface area contributed by atoms with Crippen LogP contribution in [0.2, 0.25) is 0 Å². The van der Waals surface area contributed by atoms with Gasteiger partial charge in [-0.05, 0) is 86.5 Å². The van der Waals surface area contributed by atoms with E-state index in [1.807, 2.05) is 37.6 Å². The van der Waals surface area contributed by atoms with Gasteiger partial charge in [0, 0.05) is 22.9 Å². The minimum atomic E-state index is -0.442. The molecule has 26 heavy (non-hydrogen) atoms. The second-order valence-corrected chi connectivity index (χ2v) is 12.4. The van der Waals surface area contributed by atoms with Crippen molar-refractivity contribution in [3.63, 3.8) is 0 Å². The third-order valence-corrected chi connectivity index (χ3v) is 5.81. The number of likely N-dealkylation sites (tertiary alicyclic amines) is 1. The highest BCUT2D eigenvalue weighted by atomic mass is 32.2. The lowest BCUT2D eigenvalue weighted by Crippen LogP contribution is -2.45. The lowest BCUT2D eigenvalue weighted by Gasteiger charge is -2.33. The molecule has 1 aliphatic rings. The van der Waals surface area contributed by atoms with Crippen molar-refractivity contribution in [2.24, 2.45) is 11.8 Å². The summed E-state index contributed by atoms with van der Waals surface area (Å²) in [5, 5.41) is 0. The maximum atomic E-state index is 12.6. The summed E-state index contributed by atoms with van der Waals surface area (Å²) in [7, 11) is 0. The monoisotopic (exact) mass is 386 g/mol. The van der Waals surface area contributed by atoms with Crippen LogP contribution in [0.15, 0.2) is 0 Å². The number of carbonyl (C=O) groups is 1. The lowest BCUT2D eigenvalue weighted by atomic mass is 9.90. The number of ether oxygens (including phenoxy) is 1. The largest absolute Gasteiger partial charge is 0.444 e. The van der Waals surface area contributed by atoms with E-state index in [0.717, 1.165) is 25.8 Å². The third kappa shape index (κ3) is 8.08. The van der Waals surface area contributed by atoms with Gasteiger partial charge in [-0.2, -0.15) is 0 Å². The molecule has 0 bridgehead atoms. The van der Waals surface area contributed by atoms with Gasteiger partial charge in [0.2, 0.25) is 0 Å². The molecule has 2 atom stereocenters. The van der Waals surface area contributed by atoms with Gasteiger partial charge < -0.3 is 9.64 Å². The van der Waals surface area contributed by atoms with E-state index in [1.54, 1.807) is 0 Å². The average molecular weight is 387 g/mol. The van der Waals surface area contributed by atoms with Crippen LogP contribution in [0.25, 0.3) is 0 Å². The molecule has 0 aromatic heterocycles. The summed E-state index contributed by atoms with van der Waals surface area (Å²) < 4.78 is 9.52. The maximum Gasteiger partial charge on any atom is 0.410 e. The molecule has 2 unspecified atom stereocenters. The van der Waals surface area contributed by atoms with E-state index in [0.29, 0.717) is 17.9 Å². The predicted octanol–water partition coefficient (Wildman–Crippen LogP) is 5.86. The Morgan fingerprint density at radius 3 is 2.27 bits per heavy atom. The summed E-state index contributed by atoms with van der Waals surface area (Å²) in [6.07, 6.45) is 3.16. The molecular weight excluding hydrogens is 344 g/mol. The molecule has 1 heterocycles. The molecule has 5 heteroatoms. The Kier molecular flexibility index (Phi) is 7.93. The van der Waals surface area contributed by atoms with Gasteiger partial charge >= 0.3 is 6.09 Å². The van der Waals surface area contributed by atoms with E-state index in [2.05, 4.69) is 53.2 Å². The molecule has 1 amide bonds. The van der Waals surface area contributed by atoms with E-state index in [4.69, 9.17) is 4.74 Å². The molecule has 0 aromatic rings. The van der Waals surface area contributed by atoms with E-state index >= 15 is 0 Å². The molecule has 0 aliphatic carbocycles. The number of rotatable bonds is 6. The zero-order chi connectivity index (χ0) is 20.3. The molecule has 0 radical (unpaired) electrons. The molecule has 1 fully saturated rings. The van der Waals surface area contributed by atoms with Crippen LogP contribution in [-0.2, 0) is 4.74 Å². The first kappa shape index (κ1) is 23.6. The Balaban J connectivity index is 2.61. The summed E-state index contributed by atoms with van der Waals surface area (Å²) in [4.78, 5) is 14.5. The summed E-state index contributed by atoms with van der Waals surface area (Å²) in [6, 6.07) is 0.498. The zero-order valence-electron chi connectivity index (χ0n) is 18.7. The second kappa shape index (κ2) is 8.72. The smallest absolute Gasteiger partial charge is 0.410 e. The molecule has 1 N–H and O–H groups in total. The summed E-state index contributed by atoms with van der Waals surface area (Å²) >= 11 is 1.83. The van der Waals surface area contributed by atoms with Crippen LogP contribution >= 0.6 is 11.9 Å². The normalized spacial score (nSPS) is 22.0. The Hall–Kier alpha value is -0.420. The van der Waals surface area contributed by atoms with E-state index in [9.17, 15) is 4.79 Å². The number of nitrogens with zero attached hydrogens (tertiary/aromatic N) is 1. The molecule has 0 spiro atoms. The predicted molar refractivity (Wildman–Crippen MR) is 113 cm³/mol. The van der Waals surface area contributed by atoms with Crippen molar-refractivity contribution in [1.29, 1.82) is 0 Å². The maximum absolute atomic E-state index is 12.6. The molecule has 4 nitrogen and oxygen atoms in total. The van der Waals surface area contributed by atoms with Crippen LogP contribution in [0.3, 0.4) is 0 Å². The van der Waals surface area contributed by atoms with Gasteiger partial charge in [-0.15, -0.1) is 0 Å². The number of nitrogens with one attached hydrogen (secondary N) is 1. The van der Waals surface area contributed by atoms with Crippen LogP contribution < -0.4 is 4.72 Å². The van der Waals surface area contributed by atoms with Crippen molar-refractivity contribution in [1.82, 2.24) is 9.62 Å². The van der Waals surface area contributed by atoms with Crippen LogP contribution in [0.1, 0.15) is 88.5 Å². The summed E-state index contributed by atoms with van der Waals surface area (Å²) in [6.45, 7) is 22.2. The summed E-state index contributed by atoms with van der Waals surface area (Å²) in [5.41, 5.74) is -0.573. The first-order chi connectivity index (χ1) is 11.6. The fourth-order valence-corrected chi connectivity index (χ4v) is 4.31. The van der Waals surface area contributed by atoms with Crippen LogP contribution in [0.4, 0.5) is 4.79 Å². The van der Waals surface area contributed by atoms with Gasteiger partial charge in [0.15, 0.2) is 0 Å². The number of amides is 1. The van der Waals surface area contributed by atoms with Crippen molar-refractivity contribution in [3.05, 3.63) is 0 Å². The van der Waals surface area contributed by atoms with Gasteiger partial charge in [0.1, 0.15) is 5.60 Å². The van der Waals surface area contributed by atoms with Crippen molar-refractivity contribution in [3.8, 4) is 0 Å². The minimum Gasteiger partial charge on any atom is -0.444 e.